The van der Waals surface area contributed by atoms with Crippen LogP contribution in [0.1, 0.15) is 53.9 Å². The zero-order valence-electron chi connectivity index (χ0n) is 17.8. The molecule has 4 fully saturated rings. The number of hydrogen-bond donors (Lipinski definition) is 2. The highest BCUT2D eigenvalue weighted by Crippen LogP contribution is 2.68. The highest BCUT2D eigenvalue weighted by Gasteiger charge is 2.74. The number of aliphatic hydroxyl groups is 2. The largest absolute Gasteiger partial charge is 0.462 e. The topological polar surface area (TPSA) is 110 Å². The van der Waals surface area contributed by atoms with Crippen LogP contribution in [0.25, 0.3) is 0 Å². The molecular formula is C22H32O7. The number of Topliss-reactive ketones (excluding diaryl/α,β-unsaturated/α-hetero) is 1. The number of aliphatic hydroxyl groups excluding tert-OH is 2. The molecule has 0 amide bonds. The maximum absolute atomic E-state index is 13.4. The van der Waals surface area contributed by atoms with Crippen molar-refractivity contribution in [2.45, 2.75) is 78.3 Å². The van der Waals surface area contributed by atoms with Gasteiger partial charge in [0.25, 0.3) is 0 Å². The lowest BCUT2D eigenvalue weighted by atomic mass is 9.37. The first-order chi connectivity index (χ1) is 13.4. The van der Waals surface area contributed by atoms with Gasteiger partial charge in [-0.1, -0.05) is 27.7 Å². The minimum atomic E-state index is -1.08. The Bertz CT molecular complexity index is 749. The Labute approximate surface area is 171 Å². The van der Waals surface area contributed by atoms with Crippen LogP contribution in [-0.4, -0.2) is 52.4 Å². The highest BCUT2D eigenvalue weighted by atomic mass is 16.6. The van der Waals surface area contributed by atoms with Crippen molar-refractivity contribution in [2.75, 3.05) is 0 Å². The second kappa shape index (κ2) is 6.51. The molecule has 0 radical (unpaired) electrons. The Morgan fingerprint density at radius 2 is 1.79 bits per heavy atom. The van der Waals surface area contributed by atoms with Gasteiger partial charge in [-0.2, -0.15) is 0 Å². The number of esters is 2. The summed E-state index contributed by atoms with van der Waals surface area (Å²) < 4.78 is 11.5. The van der Waals surface area contributed by atoms with Crippen molar-refractivity contribution in [1.29, 1.82) is 0 Å². The molecule has 3 saturated carbocycles. The van der Waals surface area contributed by atoms with E-state index < -0.39 is 47.1 Å². The third-order valence-corrected chi connectivity index (χ3v) is 8.96. The number of carbonyl (C=O) groups is 3. The van der Waals surface area contributed by atoms with Gasteiger partial charge in [-0.05, 0) is 36.5 Å². The fourth-order valence-electron chi connectivity index (χ4n) is 7.71. The summed E-state index contributed by atoms with van der Waals surface area (Å²) in [5, 5.41) is 21.7. The number of rotatable bonds is 1. The van der Waals surface area contributed by atoms with Gasteiger partial charge in [-0.15, -0.1) is 0 Å². The summed E-state index contributed by atoms with van der Waals surface area (Å²) in [5.41, 5.74) is -1.62. The molecule has 0 spiro atoms. The summed E-state index contributed by atoms with van der Waals surface area (Å²) in [6.07, 6.45) is -2.30. The van der Waals surface area contributed by atoms with Crippen LogP contribution in [0.3, 0.4) is 0 Å². The third-order valence-electron chi connectivity index (χ3n) is 8.96. The first-order valence-corrected chi connectivity index (χ1v) is 10.7. The molecule has 7 heteroatoms. The SMILES string of the molecule is CC(=O)O[C@@H]1[C@H](O)[C@H](C)[C@@H]2CC(=O)O[C@@H]3C[C@H]4[C@H](C)C[C@H](O)C(=O)[C@]4(C)[C@@H]1[C@@]32C. The minimum Gasteiger partial charge on any atom is -0.462 e. The van der Waals surface area contributed by atoms with Crippen molar-refractivity contribution >= 4 is 17.7 Å². The van der Waals surface area contributed by atoms with Gasteiger partial charge in [-0.3, -0.25) is 14.4 Å². The first kappa shape index (κ1) is 20.8. The van der Waals surface area contributed by atoms with Crippen molar-refractivity contribution < 1.29 is 34.1 Å². The number of fused-ring (bicyclic) bond motifs is 2. The van der Waals surface area contributed by atoms with E-state index in [1.165, 1.54) is 6.92 Å². The smallest absolute Gasteiger partial charge is 0.306 e. The van der Waals surface area contributed by atoms with Crippen LogP contribution in [0.4, 0.5) is 0 Å². The van der Waals surface area contributed by atoms with Crippen LogP contribution in [0, 0.1) is 40.4 Å². The molecule has 162 valence electrons. The standard InChI is InChI=1S/C22H32O7/c1-9-6-14(24)20(27)22(5)12(9)7-15-21(4)13(8-16(25)29-15)10(2)17(26)18(19(21)22)28-11(3)23/h9-10,12-15,17-19,24,26H,6-8H2,1-5H3/t9-,10-,12+,13+,14+,15-,17-,18-,19+,21-,22+/m1/s1. The fourth-order valence-corrected chi connectivity index (χ4v) is 7.71. The highest BCUT2D eigenvalue weighted by molar-refractivity contribution is 5.90. The maximum Gasteiger partial charge on any atom is 0.306 e. The second-order valence-electron chi connectivity index (χ2n) is 10.3. The molecule has 0 aromatic rings. The number of hydrogen-bond acceptors (Lipinski definition) is 7. The van der Waals surface area contributed by atoms with E-state index in [9.17, 15) is 24.6 Å². The van der Waals surface area contributed by atoms with E-state index in [2.05, 4.69) is 0 Å². The zero-order valence-corrected chi connectivity index (χ0v) is 17.8. The molecule has 1 heterocycles. The van der Waals surface area contributed by atoms with E-state index >= 15 is 0 Å². The van der Waals surface area contributed by atoms with Crippen LogP contribution in [0.5, 0.6) is 0 Å². The van der Waals surface area contributed by atoms with Crippen LogP contribution in [-0.2, 0) is 23.9 Å². The molecule has 4 aliphatic rings. The summed E-state index contributed by atoms with van der Waals surface area (Å²) in [5.74, 6) is -2.18. The molecule has 3 aliphatic carbocycles. The summed E-state index contributed by atoms with van der Waals surface area (Å²) >= 11 is 0. The molecule has 29 heavy (non-hydrogen) atoms. The van der Waals surface area contributed by atoms with Gasteiger partial charge in [0.2, 0.25) is 0 Å². The van der Waals surface area contributed by atoms with E-state index in [4.69, 9.17) is 9.47 Å². The Hall–Kier alpha value is -1.47. The molecule has 1 aliphatic heterocycles. The van der Waals surface area contributed by atoms with Gasteiger partial charge in [0.1, 0.15) is 18.3 Å². The van der Waals surface area contributed by atoms with Crippen LogP contribution in [0.2, 0.25) is 0 Å². The summed E-state index contributed by atoms with van der Waals surface area (Å²) in [7, 11) is 0. The van der Waals surface area contributed by atoms with Crippen LogP contribution >= 0.6 is 0 Å². The van der Waals surface area contributed by atoms with Gasteiger partial charge in [0, 0.05) is 30.1 Å². The normalized spacial score (nSPS) is 54.1. The van der Waals surface area contributed by atoms with Crippen molar-refractivity contribution in [3.05, 3.63) is 0 Å². The van der Waals surface area contributed by atoms with Gasteiger partial charge in [-0.25, -0.2) is 0 Å². The van der Waals surface area contributed by atoms with Gasteiger partial charge in [0.05, 0.1) is 6.10 Å². The molecular weight excluding hydrogens is 376 g/mol. The van der Waals surface area contributed by atoms with E-state index in [1.807, 2.05) is 27.7 Å². The monoisotopic (exact) mass is 408 g/mol. The number of ketones is 1. The predicted octanol–water partition coefficient (Wildman–Crippen LogP) is 1.48. The van der Waals surface area contributed by atoms with Gasteiger partial charge in [0.15, 0.2) is 5.78 Å². The maximum atomic E-state index is 13.4. The van der Waals surface area contributed by atoms with Crippen LogP contribution in [0.15, 0.2) is 0 Å². The van der Waals surface area contributed by atoms with Crippen molar-refractivity contribution in [2.24, 2.45) is 40.4 Å². The van der Waals surface area contributed by atoms with Gasteiger partial charge < -0.3 is 19.7 Å². The van der Waals surface area contributed by atoms with Gasteiger partial charge >= 0.3 is 11.9 Å². The lowest BCUT2D eigenvalue weighted by Crippen LogP contribution is -2.75. The average molecular weight is 408 g/mol. The van der Waals surface area contributed by atoms with Crippen molar-refractivity contribution in [3.63, 3.8) is 0 Å². The molecule has 1 saturated heterocycles. The summed E-state index contributed by atoms with van der Waals surface area (Å²) in [6.45, 7) is 9.05. The average Bonchev–Trinajstić information content (AvgIpc) is 2.62. The summed E-state index contributed by atoms with van der Waals surface area (Å²) in [4.78, 5) is 37.8. The van der Waals surface area contributed by atoms with Crippen LogP contribution < -0.4 is 0 Å². The zero-order chi connectivity index (χ0) is 21.5. The quantitative estimate of drug-likeness (QED) is 0.632. The third kappa shape index (κ3) is 2.59. The predicted molar refractivity (Wildman–Crippen MR) is 101 cm³/mol. The van der Waals surface area contributed by atoms with Crippen molar-refractivity contribution in [3.8, 4) is 0 Å². The van der Waals surface area contributed by atoms with E-state index in [0.717, 1.165) is 0 Å². The van der Waals surface area contributed by atoms with Crippen molar-refractivity contribution in [1.82, 2.24) is 0 Å². The Morgan fingerprint density at radius 3 is 2.41 bits per heavy atom. The van der Waals surface area contributed by atoms with E-state index in [-0.39, 0.29) is 41.8 Å². The number of carbonyl (C=O) groups excluding carboxylic acids is 3. The minimum absolute atomic E-state index is 0.0331. The lowest BCUT2D eigenvalue weighted by molar-refractivity contribution is -0.285. The molecule has 7 nitrogen and oxygen atoms in total. The lowest BCUT2D eigenvalue weighted by Gasteiger charge is -2.69. The fraction of sp³-hybridized carbons (Fsp3) is 0.864. The van der Waals surface area contributed by atoms with E-state index in [1.54, 1.807) is 0 Å². The second-order valence-corrected chi connectivity index (χ2v) is 10.3. The molecule has 4 rings (SSSR count). The Balaban J connectivity index is 1.93. The summed E-state index contributed by atoms with van der Waals surface area (Å²) in [6, 6.07) is 0. The molecule has 0 unspecified atom stereocenters. The number of ether oxygens (including phenoxy) is 2. The molecule has 0 aromatic carbocycles. The molecule has 0 aromatic heterocycles. The first-order valence-electron chi connectivity index (χ1n) is 10.7. The van der Waals surface area contributed by atoms with E-state index in [0.29, 0.717) is 12.8 Å². The Morgan fingerprint density at radius 1 is 1.14 bits per heavy atom. The molecule has 2 N–H and O–H groups in total. The molecule has 0 bridgehead atoms. The molecule has 11 atom stereocenters. The Kier molecular flexibility index (Phi) is 4.67.